The van der Waals surface area contributed by atoms with Crippen LogP contribution in [0.4, 0.5) is 0 Å². The molecule has 1 heteroatoms. The topological polar surface area (TPSA) is 20.2 Å². The molecule has 0 bridgehead atoms. The van der Waals surface area contributed by atoms with Gasteiger partial charge in [-0.05, 0) is 30.1 Å². The van der Waals surface area contributed by atoms with Crippen LogP contribution >= 0.6 is 0 Å². The molecule has 0 saturated heterocycles. The third kappa shape index (κ3) is 2.13. The normalized spacial score (nSPS) is 24.2. The number of hydrogen-bond acceptors (Lipinski definition) is 1. The first kappa shape index (κ1) is 12.0. The van der Waals surface area contributed by atoms with Gasteiger partial charge in [-0.15, -0.1) is 0 Å². The maximum absolute atomic E-state index is 10.4. The summed E-state index contributed by atoms with van der Waals surface area (Å²) in [6.45, 7) is 8.83. The smallest absolute Gasteiger partial charge is 0.0621 e. The average molecular weight is 198 g/mol. The molecule has 0 amide bonds. The van der Waals surface area contributed by atoms with Crippen LogP contribution in [-0.4, -0.2) is 11.2 Å². The first-order chi connectivity index (χ1) is 6.50. The van der Waals surface area contributed by atoms with Gasteiger partial charge in [0.05, 0.1) is 6.10 Å². The number of aliphatic hydroxyl groups is 1. The fraction of sp³-hybridized carbons (Fsp3) is 1.00. The van der Waals surface area contributed by atoms with Crippen molar-refractivity contribution >= 4 is 0 Å². The SMILES string of the molecule is CC(C)C(O)C1(C(C)C)CCCCC1. The van der Waals surface area contributed by atoms with Gasteiger partial charge in [0.25, 0.3) is 0 Å². The maximum Gasteiger partial charge on any atom is 0.0621 e. The second-order valence-electron chi connectivity index (χ2n) is 5.64. The molecule has 0 aromatic heterocycles. The molecule has 1 atom stereocenters. The second-order valence-corrected chi connectivity index (χ2v) is 5.64. The van der Waals surface area contributed by atoms with Crippen molar-refractivity contribution in [3.05, 3.63) is 0 Å². The Balaban J connectivity index is 2.79. The Hall–Kier alpha value is -0.0400. The lowest BCUT2D eigenvalue weighted by molar-refractivity contribution is -0.0632. The number of aliphatic hydroxyl groups excluding tert-OH is 1. The highest BCUT2D eigenvalue weighted by Gasteiger charge is 2.42. The Morgan fingerprint density at radius 1 is 0.929 bits per heavy atom. The van der Waals surface area contributed by atoms with Gasteiger partial charge in [0.1, 0.15) is 0 Å². The van der Waals surface area contributed by atoms with E-state index in [4.69, 9.17) is 0 Å². The zero-order valence-electron chi connectivity index (χ0n) is 10.2. The Morgan fingerprint density at radius 3 is 1.79 bits per heavy atom. The summed E-state index contributed by atoms with van der Waals surface area (Å²) in [5.41, 5.74) is 0.215. The van der Waals surface area contributed by atoms with Gasteiger partial charge in [0, 0.05) is 0 Å². The van der Waals surface area contributed by atoms with Gasteiger partial charge in [-0.25, -0.2) is 0 Å². The fourth-order valence-electron chi connectivity index (χ4n) is 3.09. The summed E-state index contributed by atoms with van der Waals surface area (Å²) in [4.78, 5) is 0. The zero-order chi connectivity index (χ0) is 10.8. The second kappa shape index (κ2) is 4.65. The maximum atomic E-state index is 10.4. The molecular weight excluding hydrogens is 172 g/mol. The predicted octanol–water partition coefficient (Wildman–Crippen LogP) is 3.61. The van der Waals surface area contributed by atoms with Gasteiger partial charge in [-0.3, -0.25) is 0 Å². The van der Waals surface area contributed by atoms with Gasteiger partial charge in [-0.2, -0.15) is 0 Å². The lowest BCUT2D eigenvalue weighted by atomic mass is 9.61. The fourth-order valence-corrected chi connectivity index (χ4v) is 3.09. The van der Waals surface area contributed by atoms with E-state index in [0.717, 1.165) is 0 Å². The van der Waals surface area contributed by atoms with Crippen molar-refractivity contribution in [2.45, 2.75) is 65.9 Å². The molecule has 84 valence electrons. The highest BCUT2D eigenvalue weighted by molar-refractivity contribution is 4.92. The largest absolute Gasteiger partial charge is 0.392 e. The van der Waals surface area contributed by atoms with E-state index in [9.17, 15) is 5.11 Å². The Labute approximate surface area is 88.9 Å². The lowest BCUT2D eigenvalue weighted by Crippen LogP contribution is -2.44. The van der Waals surface area contributed by atoms with Crippen molar-refractivity contribution in [2.75, 3.05) is 0 Å². The van der Waals surface area contributed by atoms with Crippen LogP contribution in [0.3, 0.4) is 0 Å². The molecule has 1 unspecified atom stereocenters. The molecule has 0 heterocycles. The lowest BCUT2D eigenvalue weighted by Gasteiger charge is -2.46. The van der Waals surface area contributed by atoms with Gasteiger partial charge >= 0.3 is 0 Å². The minimum Gasteiger partial charge on any atom is -0.392 e. The third-order valence-corrected chi connectivity index (χ3v) is 4.15. The molecule has 1 N–H and O–H groups in total. The van der Waals surface area contributed by atoms with Crippen molar-refractivity contribution in [1.29, 1.82) is 0 Å². The predicted molar refractivity (Wildman–Crippen MR) is 61.2 cm³/mol. The van der Waals surface area contributed by atoms with E-state index in [1.807, 2.05) is 0 Å². The molecule has 1 aliphatic carbocycles. The molecule has 1 fully saturated rings. The standard InChI is InChI=1S/C13H26O/c1-10(2)12(14)13(11(3)4)8-6-5-7-9-13/h10-12,14H,5-9H2,1-4H3. The Bertz CT molecular complexity index is 166. The van der Waals surface area contributed by atoms with E-state index in [1.54, 1.807) is 0 Å². The van der Waals surface area contributed by atoms with E-state index in [1.165, 1.54) is 32.1 Å². The van der Waals surface area contributed by atoms with E-state index in [-0.39, 0.29) is 11.5 Å². The molecule has 1 saturated carbocycles. The molecule has 0 radical (unpaired) electrons. The average Bonchev–Trinajstić information content (AvgIpc) is 2.17. The zero-order valence-corrected chi connectivity index (χ0v) is 10.2. The van der Waals surface area contributed by atoms with Crippen LogP contribution in [0.5, 0.6) is 0 Å². The van der Waals surface area contributed by atoms with Gasteiger partial charge in [0.15, 0.2) is 0 Å². The van der Waals surface area contributed by atoms with Crippen molar-refractivity contribution in [3.8, 4) is 0 Å². The Morgan fingerprint density at radius 2 is 1.43 bits per heavy atom. The van der Waals surface area contributed by atoms with Gasteiger partial charge in [-0.1, -0.05) is 47.0 Å². The molecule has 1 rings (SSSR count). The number of rotatable bonds is 3. The molecule has 0 spiro atoms. The molecule has 14 heavy (non-hydrogen) atoms. The highest BCUT2D eigenvalue weighted by Crippen LogP contribution is 2.47. The highest BCUT2D eigenvalue weighted by atomic mass is 16.3. The van der Waals surface area contributed by atoms with Crippen LogP contribution in [0, 0.1) is 17.3 Å². The van der Waals surface area contributed by atoms with Crippen LogP contribution in [0.1, 0.15) is 59.8 Å². The summed E-state index contributed by atoms with van der Waals surface area (Å²) in [6, 6.07) is 0. The minimum atomic E-state index is -0.109. The minimum absolute atomic E-state index is 0.109. The number of hydrogen-bond donors (Lipinski definition) is 1. The quantitative estimate of drug-likeness (QED) is 0.734. The molecule has 1 nitrogen and oxygen atoms in total. The molecule has 1 aliphatic rings. The van der Waals surface area contributed by atoms with Crippen LogP contribution in [-0.2, 0) is 0 Å². The third-order valence-electron chi connectivity index (χ3n) is 4.15. The summed E-state index contributed by atoms with van der Waals surface area (Å²) >= 11 is 0. The summed E-state index contributed by atoms with van der Waals surface area (Å²) in [5.74, 6) is 1.01. The van der Waals surface area contributed by atoms with Crippen molar-refractivity contribution in [1.82, 2.24) is 0 Å². The first-order valence-corrected chi connectivity index (χ1v) is 6.19. The summed E-state index contributed by atoms with van der Waals surface area (Å²) in [7, 11) is 0. The van der Waals surface area contributed by atoms with Gasteiger partial charge < -0.3 is 5.11 Å². The molecule has 0 aromatic rings. The van der Waals surface area contributed by atoms with E-state index >= 15 is 0 Å². The van der Waals surface area contributed by atoms with Crippen LogP contribution in [0.2, 0.25) is 0 Å². The van der Waals surface area contributed by atoms with E-state index in [2.05, 4.69) is 27.7 Å². The van der Waals surface area contributed by atoms with Crippen molar-refractivity contribution < 1.29 is 5.11 Å². The van der Waals surface area contributed by atoms with Crippen LogP contribution in [0.15, 0.2) is 0 Å². The van der Waals surface area contributed by atoms with Crippen molar-refractivity contribution in [2.24, 2.45) is 17.3 Å². The first-order valence-electron chi connectivity index (χ1n) is 6.19. The summed E-state index contributed by atoms with van der Waals surface area (Å²) in [5, 5.41) is 10.4. The van der Waals surface area contributed by atoms with E-state index in [0.29, 0.717) is 11.8 Å². The van der Waals surface area contributed by atoms with Crippen LogP contribution in [0.25, 0.3) is 0 Å². The van der Waals surface area contributed by atoms with Crippen LogP contribution < -0.4 is 0 Å². The Kier molecular flexibility index (Phi) is 4.00. The van der Waals surface area contributed by atoms with Crippen molar-refractivity contribution in [3.63, 3.8) is 0 Å². The molecular formula is C13H26O. The summed E-state index contributed by atoms with van der Waals surface area (Å²) in [6.07, 6.45) is 6.32. The monoisotopic (exact) mass is 198 g/mol. The van der Waals surface area contributed by atoms with Gasteiger partial charge in [0.2, 0.25) is 0 Å². The summed E-state index contributed by atoms with van der Waals surface area (Å²) < 4.78 is 0. The molecule has 0 aliphatic heterocycles. The van der Waals surface area contributed by atoms with E-state index < -0.39 is 0 Å². The molecule has 0 aromatic carbocycles.